The van der Waals surface area contributed by atoms with Gasteiger partial charge in [0.1, 0.15) is 5.82 Å². The number of carbonyl (C=O) groups is 2. The van der Waals surface area contributed by atoms with Crippen LogP contribution in [0.25, 0.3) is 0 Å². The van der Waals surface area contributed by atoms with E-state index in [1.54, 1.807) is 6.92 Å². The second kappa shape index (κ2) is 5.94. The molecule has 7 nitrogen and oxygen atoms in total. The predicted octanol–water partition coefficient (Wildman–Crippen LogP) is 1.44. The average Bonchev–Trinajstić information content (AvgIpc) is 3.32. The minimum absolute atomic E-state index is 0.0668. The molecule has 0 bridgehead atoms. The van der Waals surface area contributed by atoms with E-state index in [1.165, 1.54) is 11.3 Å². The number of likely N-dealkylation sites (tertiary alicyclic amines) is 2. The number of rotatable bonds is 2. The van der Waals surface area contributed by atoms with Gasteiger partial charge in [0, 0.05) is 39.0 Å². The van der Waals surface area contributed by atoms with Crippen LogP contribution in [0.5, 0.6) is 0 Å². The van der Waals surface area contributed by atoms with Gasteiger partial charge in [-0.1, -0.05) is 6.07 Å². The number of H-pyrrole nitrogens is 1. The van der Waals surface area contributed by atoms with Crippen LogP contribution in [0.2, 0.25) is 0 Å². The summed E-state index contributed by atoms with van der Waals surface area (Å²) in [7, 11) is 0. The molecule has 0 aromatic carbocycles. The Bertz CT molecular complexity index is 802. The standard InChI is InChI=1S/C17H21N5O2S/c1-11-18-16(20-19-11)17-5-6-21(15(24)14-4-3-7-25-14)8-13(17)9-22(10-17)12(2)23/h3-4,7,13H,5-6,8-10H2,1-2H3,(H,18,19,20)/t13-,17-/m1/s1. The molecule has 4 rings (SSSR count). The Hall–Kier alpha value is -2.22. The van der Waals surface area contributed by atoms with Crippen molar-refractivity contribution in [2.45, 2.75) is 25.7 Å². The van der Waals surface area contributed by atoms with Crippen LogP contribution in [0.4, 0.5) is 0 Å². The molecule has 1 N–H and O–H groups in total. The van der Waals surface area contributed by atoms with E-state index in [1.807, 2.05) is 34.2 Å². The molecule has 2 aromatic rings. The summed E-state index contributed by atoms with van der Waals surface area (Å²) < 4.78 is 0. The molecule has 0 aliphatic carbocycles. The lowest BCUT2D eigenvalue weighted by Gasteiger charge is -2.41. The second-order valence-corrected chi connectivity index (χ2v) is 7.92. The lowest BCUT2D eigenvalue weighted by Crippen LogP contribution is -2.51. The fraction of sp³-hybridized carbons (Fsp3) is 0.529. The van der Waals surface area contributed by atoms with Gasteiger partial charge >= 0.3 is 0 Å². The molecular weight excluding hydrogens is 338 g/mol. The molecular formula is C17H21N5O2S. The maximum atomic E-state index is 12.7. The van der Waals surface area contributed by atoms with Gasteiger partial charge in [0.05, 0.1) is 10.3 Å². The molecule has 132 valence electrons. The first kappa shape index (κ1) is 16.3. The largest absolute Gasteiger partial charge is 0.342 e. The summed E-state index contributed by atoms with van der Waals surface area (Å²) >= 11 is 1.47. The van der Waals surface area contributed by atoms with Crippen LogP contribution < -0.4 is 0 Å². The van der Waals surface area contributed by atoms with Crippen LogP contribution >= 0.6 is 11.3 Å². The van der Waals surface area contributed by atoms with E-state index in [-0.39, 0.29) is 23.1 Å². The normalized spacial score (nSPS) is 25.9. The third kappa shape index (κ3) is 2.64. The number of nitrogens with zero attached hydrogens (tertiary/aromatic N) is 4. The minimum atomic E-state index is -0.261. The summed E-state index contributed by atoms with van der Waals surface area (Å²) in [5, 5.41) is 9.26. The fourth-order valence-corrected chi connectivity index (χ4v) is 4.78. The lowest BCUT2D eigenvalue weighted by molar-refractivity contribution is -0.128. The molecule has 2 amide bonds. The number of carbonyl (C=O) groups excluding carboxylic acids is 2. The van der Waals surface area contributed by atoms with Crippen molar-refractivity contribution >= 4 is 23.2 Å². The van der Waals surface area contributed by atoms with Crippen LogP contribution in [-0.4, -0.2) is 63.0 Å². The summed E-state index contributed by atoms with van der Waals surface area (Å²) in [6.45, 7) is 6.06. The Morgan fingerprint density at radius 1 is 1.36 bits per heavy atom. The number of amides is 2. The van der Waals surface area contributed by atoms with Crippen molar-refractivity contribution in [1.29, 1.82) is 0 Å². The summed E-state index contributed by atoms with van der Waals surface area (Å²) in [5.74, 6) is 1.86. The van der Waals surface area contributed by atoms with Gasteiger partial charge in [-0.25, -0.2) is 4.98 Å². The second-order valence-electron chi connectivity index (χ2n) is 6.98. The van der Waals surface area contributed by atoms with Gasteiger partial charge in [-0.3, -0.25) is 14.7 Å². The topological polar surface area (TPSA) is 82.2 Å². The number of hydrogen-bond donors (Lipinski definition) is 1. The molecule has 8 heteroatoms. The molecule has 0 unspecified atom stereocenters. The zero-order valence-corrected chi connectivity index (χ0v) is 15.2. The van der Waals surface area contributed by atoms with Gasteiger partial charge < -0.3 is 9.80 Å². The number of fused-ring (bicyclic) bond motifs is 1. The molecule has 4 heterocycles. The zero-order chi connectivity index (χ0) is 17.6. The summed E-state index contributed by atoms with van der Waals surface area (Å²) in [5.41, 5.74) is -0.261. The third-order valence-corrected chi connectivity index (χ3v) is 6.33. The molecule has 2 saturated heterocycles. The molecule has 2 aromatic heterocycles. The van der Waals surface area contributed by atoms with Crippen LogP contribution in [0.1, 0.15) is 34.7 Å². The van der Waals surface area contributed by atoms with Crippen molar-refractivity contribution in [3.05, 3.63) is 34.0 Å². The van der Waals surface area contributed by atoms with Gasteiger partial charge in [0.15, 0.2) is 5.82 Å². The lowest BCUT2D eigenvalue weighted by atomic mass is 9.72. The highest BCUT2D eigenvalue weighted by atomic mass is 32.1. The Kier molecular flexibility index (Phi) is 3.87. The van der Waals surface area contributed by atoms with Crippen LogP contribution in [-0.2, 0) is 10.2 Å². The Balaban J connectivity index is 1.63. The summed E-state index contributed by atoms with van der Waals surface area (Å²) in [6, 6.07) is 3.76. The first-order chi connectivity index (χ1) is 12.0. The highest BCUT2D eigenvalue weighted by molar-refractivity contribution is 7.12. The van der Waals surface area contributed by atoms with Crippen molar-refractivity contribution in [3.8, 4) is 0 Å². The van der Waals surface area contributed by atoms with E-state index in [0.717, 1.165) is 22.9 Å². The van der Waals surface area contributed by atoms with E-state index in [4.69, 9.17) is 0 Å². The van der Waals surface area contributed by atoms with E-state index in [9.17, 15) is 9.59 Å². The Labute approximate surface area is 150 Å². The predicted molar refractivity (Wildman–Crippen MR) is 93.4 cm³/mol. The molecule has 0 radical (unpaired) electrons. The minimum Gasteiger partial charge on any atom is -0.342 e. The van der Waals surface area contributed by atoms with Gasteiger partial charge in [0.25, 0.3) is 5.91 Å². The van der Waals surface area contributed by atoms with Crippen LogP contribution in [0, 0.1) is 12.8 Å². The molecule has 0 spiro atoms. The van der Waals surface area contributed by atoms with E-state index in [2.05, 4.69) is 15.2 Å². The quantitative estimate of drug-likeness (QED) is 0.880. The van der Waals surface area contributed by atoms with E-state index in [0.29, 0.717) is 26.2 Å². The number of piperidine rings is 1. The van der Waals surface area contributed by atoms with E-state index >= 15 is 0 Å². The number of nitrogens with one attached hydrogen (secondary N) is 1. The molecule has 2 fully saturated rings. The molecule has 0 saturated carbocycles. The maximum Gasteiger partial charge on any atom is 0.263 e. The molecule has 2 aliphatic heterocycles. The molecule has 2 aliphatic rings. The maximum absolute atomic E-state index is 12.7. The van der Waals surface area contributed by atoms with Gasteiger partial charge in [-0.15, -0.1) is 11.3 Å². The smallest absolute Gasteiger partial charge is 0.263 e. The van der Waals surface area contributed by atoms with Crippen molar-refractivity contribution < 1.29 is 9.59 Å². The van der Waals surface area contributed by atoms with Gasteiger partial charge in [-0.05, 0) is 24.8 Å². The Morgan fingerprint density at radius 3 is 2.80 bits per heavy atom. The number of hydrogen-bond acceptors (Lipinski definition) is 5. The average molecular weight is 359 g/mol. The molecule has 25 heavy (non-hydrogen) atoms. The monoisotopic (exact) mass is 359 g/mol. The highest BCUT2D eigenvalue weighted by Gasteiger charge is 2.54. The van der Waals surface area contributed by atoms with Gasteiger partial charge in [0.2, 0.25) is 5.91 Å². The van der Waals surface area contributed by atoms with Crippen LogP contribution in [0.15, 0.2) is 17.5 Å². The van der Waals surface area contributed by atoms with E-state index < -0.39 is 0 Å². The van der Waals surface area contributed by atoms with Crippen molar-refractivity contribution in [3.63, 3.8) is 0 Å². The Morgan fingerprint density at radius 2 is 2.16 bits per heavy atom. The number of aryl methyl sites for hydroxylation is 1. The first-order valence-electron chi connectivity index (χ1n) is 8.47. The SMILES string of the molecule is CC(=O)N1C[C@H]2CN(C(=O)c3cccs3)CC[C@@]2(c2n[nH]c(C)n2)C1. The van der Waals surface area contributed by atoms with Crippen molar-refractivity contribution in [2.24, 2.45) is 5.92 Å². The molecule has 2 atom stereocenters. The van der Waals surface area contributed by atoms with Gasteiger partial charge in [-0.2, -0.15) is 5.10 Å². The number of thiophene rings is 1. The fourth-order valence-electron chi connectivity index (χ4n) is 4.09. The third-order valence-electron chi connectivity index (χ3n) is 5.47. The number of aromatic nitrogens is 3. The first-order valence-corrected chi connectivity index (χ1v) is 9.35. The highest BCUT2D eigenvalue weighted by Crippen LogP contribution is 2.44. The zero-order valence-electron chi connectivity index (χ0n) is 14.4. The summed E-state index contributed by atoms with van der Waals surface area (Å²) in [6.07, 6.45) is 0.774. The van der Waals surface area contributed by atoms with Crippen molar-refractivity contribution in [1.82, 2.24) is 25.0 Å². The number of aromatic amines is 1. The summed E-state index contributed by atoms with van der Waals surface area (Å²) in [4.78, 5) is 33.8. The van der Waals surface area contributed by atoms with Crippen LogP contribution in [0.3, 0.4) is 0 Å². The van der Waals surface area contributed by atoms with Crippen molar-refractivity contribution in [2.75, 3.05) is 26.2 Å².